The van der Waals surface area contributed by atoms with Gasteiger partial charge in [-0.15, -0.1) is 0 Å². The van der Waals surface area contributed by atoms with Crippen molar-refractivity contribution < 1.29 is 0 Å². The molecule has 18 heavy (non-hydrogen) atoms. The zero-order chi connectivity index (χ0) is 13.0. The molecule has 0 amide bonds. The number of benzene rings is 1. The molecule has 0 fully saturated rings. The highest BCUT2D eigenvalue weighted by Crippen LogP contribution is 2.26. The fraction of sp³-hybridized carbons (Fsp3) is 0.308. The Morgan fingerprint density at radius 3 is 2.89 bits per heavy atom. The Hall–Kier alpha value is -1.19. The maximum Gasteiger partial charge on any atom is 0.207 e. The molecule has 0 aliphatic rings. The molecule has 0 unspecified atom stereocenters. The smallest absolute Gasteiger partial charge is 0.207 e. The summed E-state index contributed by atoms with van der Waals surface area (Å²) in [5, 5.41) is 4.53. The van der Waals surface area contributed by atoms with Crippen molar-refractivity contribution in [2.45, 2.75) is 19.8 Å². The number of nitrogens with zero attached hydrogens (tertiary/aromatic N) is 2. The van der Waals surface area contributed by atoms with E-state index < -0.39 is 0 Å². The van der Waals surface area contributed by atoms with Crippen LogP contribution in [0, 0.1) is 0 Å². The molecule has 0 radical (unpaired) electrons. The molecule has 3 nitrogen and oxygen atoms in total. The minimum absolute atomic E-state index is 0.610. The molecule has 5 heteroatoms. The van der Waals surface area contributed by atoms with E-state index in [1.165, 1.54) is 0 Å². The van der Waals surface area contributed by atoms with Crippen LogP contribution in [0.5, 0.6) is 0 Å². The van der Waals surface area contributed by atoms with E-state index >= 15 is 0 Å². The van der Waals surface area contributed by atoms with Gasteiger partial charge in [0.05, 0.1) is 10.7 Å². The molecule has 0 atom stereocenters. The van der Waals surface area contributed by atoms with Crippen LogP contribution in [0.3, 0.4) is 0 Å². The van der Waals surface area contributed by atoms with Gasteiger partial charge in [-0.25, -0.2) is 4.98 Å². The van der Waals surface area contributed by atoms with Crippen molar-refractivity contribution in [1.29, 1.82) is 0 Å². The maximum absolute atomic E-state index is 6.19. The van der Waals surface area contributed by atoms with Crippen molar-refractivity contribution in [2.24, 2.45) is 0 Å². The number of aromatic nitrogens is 2. The lowest BCUT2D eigenvalue weighted by molar-refractivity contribution is 0.823. The Kier molecular flexibility index (Phi) is 4.50. The summed E-state index contributed by atoms with van der Waals surface area (Å²) in [6, 6.07) is 5.43. The van der Waals surface area contributed by atoms with Crippen molar-refractivity contribution in [3.05, 3.63) is 40.6 Å². The van der Waals surface area contributed by atoms with Gasteiger partial charge in [0, 0.05) is 24.0 Å². The van der Waals surface area contributed by atoms with Gasteiger partial charge >= 0.3 is 0 Å². The monoisotopic (exact) mass is 283 g/mol. The zero-order valence-corrected chi connectivity index (χ0v) is 11.7. The van der Waals surface area contributed by atoms with Gasteiger partial charge < -0.3 is 5.32 Å². The summed E-state index contributed by atoms with van der Waals surface area (Å²) < 4.78 is 1.92. The summed E-state index contributed by atoms with van der Waals surface area (Å²) in [6.45, 7) is 3.06. The van der Waals surface area contributed by atoms with Crippen LogP contribution >= 0.6 is 23.2 Å². The van der Waals surface area contributed by atoms with E-state index in [0.717, 1.165) is 31.0 Å². The molecule has 96 valence electrons. The lowest BCUT2D eigenvalue weighted by Crippen LogP contribution is -2.07. The second-order valence-electron chi connectivity index (χ2n) is 4.00. The van der Waals surface area contributed by atoms with Crippen molar-refractivity contribution in [1.82, 2.24) is 9.55 Å². The number of imidazole rings is 1. The Bertz CT molecular complexity index is 523. The van der Waals surface area contributed by atoms with Gasteiger partial charge in [0.25, 0.3) is 0 Å². The van der Waals surface area contributed by atoms with Crippen LogP contribution in [0.25, 0.3) is 5.69 Å². The van der Waals surface area contributed by atoms with E-state index in [0.29, 0.717) is 10.0 Å². The Balaban J connectivity index is 2.25. The Labute approximate surface area is 117 Å². The molecule has 2 aromatic rings. The second-order valence-corrected chi connectivity index (χ2v) is 4.84. The lowest BCUT2D eigenvalue weighted by Gasteiger charge is -2.11. The minimum atomic E-state index is 0.610. The Morgan fingerprint density at radius 2 is 2.17 bits per heavy atom. The molecule has 0 spiro atoms. The molecule has 1 aromatic heterocycles. The summed E-state index contributed by atoms with van der Waals surface area (Å²) >= 11 is 12.1. The van der Waals surface area contributed by atoms with E-state index in [4.69, 9.17) is 23.2 Å². The van der Waals surface area contributed by atoms with Crippen molar-refractivity contribution in [3.63, 3.8) is 0 Å². The summed E-state index contributed by atoms with van der Waals surface area (Å²) in [5.41, 5.74) is 0.873. The van der Waals surface area contributed by atoms with Crippen LogP contribution in [-0.4, -0.2) is 16.1 Å². The van der Waals surface area contributed by atoms with E-state index in [2.05, 4.69) is 17.2 Å². The number of rotatable bonds is 5. The van der Waals surface area contributed by atoms with Crippen LogP contribution in [0.1, 0.15) is 19.8 Å². The number of unbranched alkanes of at least 4 members (excludes halogenated alkanes) is 1. The quantitative estimate of drug-likeness (QED) is 0.825. The molecule has 1 N–H and O–H groups in total. The van der Waals surface area contributed by atoms with Gasteiger partial charge in [-0.1, -0.05) is 36.5 Å². The number of hydrogen-bond donors (Lipinski definition) is 1. The van der Waals surface area contributed by atoms with Crippen LogP contribution in [0.15, 0.2) is 30.6 Å². The molecule has 2 rings (SSSR count). The van der Waals surface area contributed by atoms with Gasteiger partial charge in [0.15, 0.2) is 0 Å². The highest BCUT2D eigenvalue weighted by molar-refractivity contribution is 6.35. The topological polar surface area (TPSA) is 29.9 Å². The fourth-order valence-corrected chi connectivity index (χ4v) is 2.18. The lowest BCUT2D eigenvalue weighted by atomic mass is 10.3. The van der Waals surface area contributed by atoms with Crippen LogP contribution in [0.4, 0.5) is 5.95 Å². The molecular formula is C13H15Cl2N3. The zero-order valence-electron chi connectivity index (χ0n) is 10.2. The van der Waals surface area contributed by atoms with Crippen LogP contribution < -0.4 is 5.32 Å². The first-order valence-electron chi connectivity index (χ1n) is 5.95. The highest BCUT2D eigenvalue weighted by atomic mass is 35.5. The van der Waals surface area contributed by atoms with Crippen LogP contribution in [-0.2, 0) is 0 Å². The van der Waals surface area contributed by atoms with Gasteiger partial charge in [-0.3, -0.25) is 4.57 Å². The minimum Gasteiger partial charge on any atom is -0.355 e. The SMILES string of the molecule is CCCCNc1nccn1-c1ccc(Cl)cc1Cl. The third-order valence-electron chi connectivity index (χ3n) is 2.62. The molecule has 0 aliphatic heterocycles. The van der Waals surface area contributed by atoms with Crippen molar-refractivity contribution >= 4 is 29.2 Å². The molecule has 1 heterocycles. The van der Waals surface area contributed by atoms with E-state index in [-0.39, 0.29) is 0 Å². The first kappa shape index (κ1) is 13.2. The summed E-state index contributed by atoms with van der Waals surface area (Å²) in [4.78, 5) is 4.29. The van der Waals surface area contributed by atoms with E-state index in [9.17, 15) is 0 Å². The molecule has 0 aliphatic carbocycles. The number of nitrogens with one attached hydrogen (secondary N) is 1. The third-order valence-corrected chi connectivity index (χ3v) is 3.16. The Morgan fingerprint density at radius 1 is 1.33 bits per heavy atom. The largest absolute Gasteiger partial charge is 0.355 e. The normalized spacial score (nSPS) is 10.6. The maximum atomic E-state index is 6.19. The number of anilines is 1. The molecule has 0 bridgehead atoms. The molecule has 0 saturated heterocycles. The first-order valence-corrected chi connectivity index (χ1v) is 6.70. The molecule has 1 aromatic carbocycles. The fourth-order valence-electron chi connectivity index (χ4n) is 1.68. The van der Waals surface area contributed by atoms with Gasteiger partial charge in [0.1, 0.15) is 0 Å². The van der Waals surface area contributed by atoms with Gasteiger partial charge in [-0.2, -0.15) is 0 Å². The van der Waals surface area contributed by atoms with Crippen molar-refractivity contribution in [3.8, 4) is 5.69 Å². The highest BCUT2D eigenvalue weighted by Gasteiger charge is 2.08. The summed E-state index contributed by atoms with van der Waals surface area (Å²) in [7, 11) is 0. The predicted molar refractivity (Wildman–Crippen MR) is 77.0 cm³/mol. The average molecular weight is 284 g/mol. The van der Waals surface area contributed by atoms with E-state index in [1.54, 1.807) is 12.3 Å². The van der Waals surface area contributed by atoms with Gasteiger partial charge in [0.2, 0.25) is 5.95 Å². The van der Waals surface area contributed by atoms with Crippen molar-refractivity contribution in [2.75, 3.05) is 11.9 Å². The first-order chi connectivity index (χ1) is 8.72. The predicted octanol–water partition coefficient (Wildman–Crippen LogP) is 4.39. The standard InChI is InChI=1S/C13H15Cl2N3/c1-2-3-6-16-13-17-7-8-18(13)12-5-4-10(14)9-11(12)15/h4-5,7-9H,2-3,6H2,1H3,(H,16,17). The summed E-state index contributed by atoms with van der Waals surface area (Å²) in [6.07, 6.45) is 5.89. The summed E-state index contributed by atoms with van der Waals surface area (Å²) in [5.74, 6) is 0.799. The number of halogens is 2. The van der Waals surface area contributed by atoms with Gasteiger partial charge in [-0.05, 0) is 24.6 Å². The molecule has 0 saturated carbocycles. The molecular weight excluding hydrogens is 269 g/mol. The van der Waals surface area contributed by atoms with E-state index in [1.807, 2.05) is 22.9 Å². The third kappa shape index (κ3) is 2.98. The van der Waals surface area contributed by atoms with Crippen LogP contribution in [0.2, 0.25) is 10.0 Å². The average Bonchev–Trinajstić information content (AvgIpc) is 2.78. The number of hydrogen-bond acceptors (Lipinski definition) is 2. The second kappa shape index (κ2) is 6.12.